The summed E-state index contributed by atoms with van der Waals surface area (Å²) in [6, 6.07) is 14.1. The van der Waals surface area contributed by atoms with Crippen molar-refractivity contribution in [2.45, 2.75) is 13.0 Å². The van der Waals surface area contributed by atoms with E-state index in [2.05, 4.69) is 33.3 Å². The first-order valence-corrected chi connectivity index (χ1v) is 8.65. The summed E-state index contributed by atoms with van der Waals surface area (Å²) in [6.07, 6.45) is 4.61. The lowest BCUT2D eigenvalue weighted by atomic mass is 10.2. The van der Waals surface area contributed by atoms with Crippen LogP contribution in [0.1, 0.15) is 6.42 Å². The van der Waals surface area contributed by atoms with Crippen molar-refractivity contribution in [3.05, 3.63) is 54.9 Å². The molecule has 1 aliphatic rings. The van der Waals surface area contributed by atoms with Gasteiger partial charge in [0.1, 0.15) is 6.54 Å². The van der Waals surface area contributed by atoms with E-state index in [1.807, 2.05) is 39.9 Å². The molecule has 0 N–H and O–H groups in total. The van der Waals surface area contributed by atoms with E-state index in [1.165, 1.54) is 5.39 Å². The van der Waals surface area contributed by atoms with E-state index in [0.717, 1.165) is 37.4 Å². The van der Waals surface area contributed by atoms with Crippen LogP contribution in [-0.2, 0) is 11.3 Å². The number of amides is 1. The van der Waals surface area contributed by atoms with Gasteiger partial charge in [-0.1, -0.05) is 18.2 Å². The third kappa shape index (κ3) is 3.33. The summed E-state index contributed by atoms with van der Waals surface area (Å²) >= 11 is 0. The molecule has 1 amide bonds. The number of benzene rings is 1. The molecule has 1 aliphatic heterocycles. The molecular weight excluding hydrogens is 314 g/mol. The molecule has 1 fully saturated rings. The Morgan fingerprint density at radius 3 is 2.80 bits per heavy atom. The summed E-state index contributed by atoms with van der Waals surface area (Å²) < 4.78 is 2.03. The van der Waals surface area contributed by atoms with Crippen LogP contribution >= 0.6 is 0 Å². The summed E-state index contributed by atoms with van der Waals surface area (Å²) in [7, 11) is 0. The molecule has 128 valence electrons. The fourth-order valence-electron chi connectivity index (χ4n) is 3.38. The first-order valence-electron chi connectivity index (χ1n) is 8.65. The highest BCUT2D eigenvalue weighted by Gasteiger charge is 2.20. The summed E-state index contributed by atoms with van der Waals surface area (Å²) in [5.41, 5.74) is 1.10. The molecule has 0 aliphatic carbocycles. The normalized spacial score (nSPS) is 15.4. The topological polar surface area (TPSA) is 54.3 Å². The molecule has 1 saturated heterocycles. The van der Waals surface area contributed by atoms with E-state index in [1.54, 1.807) is 6.20 Å². The van der Waals surface area contributed by atoms with Crippen molar-refractivity contribution in [3.8, 4) is 0 Å². The molecule has 0 bridgehead atoms. The smallest absolute Gasteiger partial charge is 0.242 e. The average Bonchev–Trinajstić information content (AvgIpc) is 2.90. The number of hydrogen-bond donors (Lipinski definition) is 0. The largest absolute Gasteiger partial charge is 0.353 e. The van der Waals surface area contributed by atoms with Gasteiger partial charge < -0.3 is 14.4 Å². The number of carbonyl (C=O) groups excluding carboxylic acids is 1. The number of fused-ring (bicyclic) bond motifs is 1. The van der Waals surface area contributed by atoms with Gasteiger partial charge >= 0.3 is 0 Å². The van der Waals surface area contributed by atoms with Gasteiger partial charge in [-0.25, -0.2) is 0 Å². The van der Waals surface area contributed by atoms with Crippen LogP contribution in [0.15, 0.2) is 54.9 Å². The Hall–Kier alpha value is -2.89. The van der Waals surface area contributed by atoms with Crippen LogP contribution in [0.3, 0.4) is 0 Å². The van der Waals surface area contributed by atoms with Crippen molar-refractivity contribution in [1.82, 2.24) is 19.7 Å². The maximum atomic E-state index is 12.8. The molecule has 3 heterocycles. The molecule has 2 aromatic heterocycles. The van der Waals surface area contributed by atoms with Crippen LogP contribution in [0.2, 0.25) is 0 Å². The highest BCUT2D eigenvalue weighted by atomic mass is 16.2. The third-order valence-electron chi connectivity index (χ3n) is 4.72. The second-order valence-corrected chi connectivity index (χ2v) is 6.31. The highest BCUT2D eigenvalue weighted by Crippen LogP contribution is 2.16. The second kappa shape index (κ2) is 6.93. The SMILES string of the molecule is O=C(Cn1ccc2ccccc21)N1CCCN(c2cccnn2)CC1. The fourth-order valence-corrected chi connectivity index (χ4v) is 3.38. The molecule has 1 aromatic carbocycles. The Balaban J connectivity index is 1.43. The number of hydrogen-bond acceptors (Lipinski definition) is 4. The van der Waals surface area contributed by atoms with Crippen LogP contribution in [0.25, 0.3) is 10.9 Å². The Morgan fingerprint density at radius 1 is 1.00 bits per heavy atom. The molecule has 0 spiro atoms. The van der Waals surface area contributed by atoms with Crippen molar-refractivity contribution in [2.75, 3.05) is 31.1 Å². The van der Waals surface area contributed by atoms with Crippen molar-refractivity contribution in [1.29, 1.82) is 0 Å². The van der Waals surface area contributed by atoms with Crippen molar-refractivity contribution < 1.29 is 4.79 Å². The zero-order chi connectivity index (χ0) is 17.1. The predicted octanol–water partition coefficient (Wildman–Crippen LogP) is 2.17. The van der Waals surface area contributed by atoms with E-state index in [9.17, 15) is 4.79 Å². The zero-order valence-corrected chi connectivity index (χ0v) is 14.1. The van der Waals surface area contributed by atoms with Crippen LogP contribution in [0.4, 0.5) is 5.82 Å². The van der Waals surface area contributed by atoms with Gasteiger partial charge in [0.25, 0.3) is 0 Å². The van der Waals surface area contributed by atoms with Gasteiger partial charge in [-0.15, -0.1) is 5.10 Å². The van der Waals surface area contributed by atoms with Crippen LogP contribution < -0.4 is 4.90 Å². The summed E-state index contributed by atoms with van der Waals surface area (Å²) in [5, 5.41) is 9.29. The molecule has 6 nitrogen and oxygen atoms in total. The van der Waals surface area contributed by atoms with E-state index in [0.29, 0.717) is 13.1 Å². The minimum Gasteiger partial charge on any atom is -0.353 e. The number of aromatic nitrogens is 3. The molecule has 4 rings (SSSR count). The van der Waals surface area contributed by atoms with Gasteiger partial charge in [-0.05, 0) is 36.1 Å². The molecule has 6 heteroatoms. The van der Waals surface area contributed by atoms with E-state index in [-0.39, 0.29) is 5.91 Å². The van der Waals surface area contributed by atoms with Crippen molar-refractivity contribution in [2.24, 2.45) is 0 Å². The van der Waals surface area contributed by atoms with E-state index in [4.69, 9.17) is 0 Å². The summed E-state index contributed by atoms with van der Waals surface area (Å²) in [4.78, 5) is 16.9. The Bertz CT molecular complexity index is 860. The van der Waals surface area contributed by atoms with Gasteiger partial charge in [0.15, 0.2) is 5.82 Å². The lowest BCUT2D eigenvalue weighted by Gasteiger charge is -2.22. The van der Waals surface area contributed by atoms with Crippen LogP contribution in [0, 0.1) is 0 Å². The summed E-state index contributed by atoms with van der Waals surface area (Å²) in [6.45, 7) is 3.58. The van der Waals surface area contributed by atoms with E-state index < -0.39 is 0 Å². The van der Waals surface area contributed by atoms with E-state index >= 15 is 0 Å². The van der Waals surface area contributed by atoms with Gasteiger partial charge in [0.05, 0.1) is 0 Å². The minimum atomic E-state index is 0.169. The van der Waals surface area contributed by atoms with Crippen molar-refractivity contribution >= 4 is 22.6 Å². The maximum Gasteiger partial charge on any atom is 0.242 e. The Labute approximate surface area is 146 Å². The fraction of sp³-hybridized carbons (Fsp3) is 0.316. The maximum absolute atomic E-state index is 12.8. The van der Waals surface area contributed by atoms with Crippen LogP contribution in [0.5, 0.6) is 0 Å². The van der Waals surface area contributed by atoms with Crippen LogP contribution in [-0.4, -0.2) is 51.8 Å². The second-order valence-electron chi connectivity index (χ2n) is 6.31. The molecule has 0 unspecified atom stereocenters. The number of rotatable bonds is 3. The quantitative estimate of drug-likeness (QED) is 0.736. The molecule has 25 heavy (non-hydrogen) atoms. The lowest BCUT2D eigenvalue weighted by Crippen LogP contribution is -2.37. The first kappa shape index (κ1) is 15.6. The number of para-hydroxylation sites is 1. The third-order valence-corrected chi connectivity index (χ3v) is 4.72. The predicted molar refractivity (Wildman–Crippen MR) is 97.4 cm³/mol. The zero-order valence-electron chi connectivity index (χ0n) is 14.1. The number of anilines is 1. The average molecular weight is 335 g/mol. The highest BCUT2D eigenvalue weighted by molar-refractivity contribution is 5.83. The first-order chi connectivity index (χ1) is 12.3. The molecule has 0 saturated carbocycles. The number of nitrogens with zero attached hydrogens (tertiary/aromatic N) is 5. The van der Waals surface area contributed by atoms with Gasteiger partial charge in [-0.3, -0.25) is 4.79 Å². The van der Waals surface area contributed by atoms with Gasteiger partial charge in [0, 0.05) is 44.1 Å². The minimum absolute atomic E-state index is 0.169. The Morgan fingerprint density at radius 2 is 1.92 bits per heavy atom. The van der Waals surface area contributed by atoms with Gasteiger partial charge in [-0.2, -0.15) is 5.10 Å². The Kier molecular flexibility index (Phi) is 4.33. The molecular formula is C19H21N5O. The molecule has 0 atom stereocenters. The monoisotopic (exact) mass is 335 g/mol. The number of carbonyl (C=O) groups is 1. The lowest BCUT2D eigenvalue weighted by molar-refractivity contribution is -0.131. The van der Waals surface area contributed by atoms with Crippen molar-refractivity contribution in [3.63, 3.8) is 0 Å². The summed E-state index contributed by atoms with van der Waals surface area (Å²) in [5.74, 6) is 1.05. The standard InChI is InChI=1S/C19H21N5O/c25-19(15-24-12-8-16-5-1-2-6-17(16)24)23-11-4-10-22(13-14-23)18-7-3-9-20-21-18/h1-3,5-9,12H,4,10-11,13-15H2. The van der Waals surface area contributed by atoms with Gasteiger partial charge in [0.2, 0.25) is 5.91 Å². The molecule has 0 radical (unpaired) electrons. The molecule has 3 aromatic rings.